The maximum absolute atomic E-state index is 5.62. The summed E-state index contributed by atoms with van der Waals surface area (Å²) in [5.74, 6) is 2.02. The molecule has 0 spiro atoms. The van der Waals surface area contributed by atoms with Crippen LogP contribution in [0.1, 0.15) is 28.9 Å². The molecule has 130 valence electrons. The molecule has 2 aromatic heterocycles. The lowest BCUT2D eigenvalue weighted by Crippen LogP contribution is -2.59. The minimum atomic E-state index is 0.427. The SMILES string of the molecule is CN(c1ncnc2c1COCC2)C1CN(c2cc3c(nn2)CCC3)C1. The second-order valence-corrected chi connectivity index (χ2v) is 7.12. The van der Waals surface area contributed by atoms with Crippen LogP contribution in [0.3, 0.4) is 0 Å². The van der Waals surface area contributed by atoms with E-state index in [1.807, 2.05) is 0 Å². The van der Waals surface area contributed by atoms with Gasteiger partial charge in [-0.1, -0.05) is 0 Å². The standard InChI is InChI=1S/C18H22N6O/c1-23(18-14-10-25-6-5-16(14)19-11-20-18)13-8-24(9-13)17-7-12-3-2-4-15(12)21-22-17/h7,11,13H,2-6,8-10H2,1H3. The molecule has 5 rings (SSSR count). The van der Waals surface area contributed by atoms with E-state index in [0.29, 0.717) is 12.6 Å². The van der Waals surface area contributed by atoms with Crippen LogP contribution in [-0.4, -0.2) is 53.0 Å². The first-order valence-electron chi connectivity index (χ1n) is 9.03. The smallest absolute Gasteiger partial charge is 0.151 e. The molecule has 2 aliphatic heterocycles. The molecule has 4 heterocycles. The number of anilines is 2. The van der Waals surface area contributed by atoms with Gasteiger partial charge in [0.05, 0.1) is 30.6 Å². The number of likely N-dealkylation sites (N-methyl/N-ethyl adjacent to an activating group) is 1. The van der Waals surface area contributed by atoms with Gasteiger partial charge in [0.25, 0.3) is 0 Å². The minimum Gasteiger partial charge on any atom is -0.376 e. The Bertz CT molecular complexity index is 804. The fourth-order valence-corrected chi connectivity index (χ4v) is 3.98. The summed E-state index contributed by atoms with van der Waals surface area (Å²) in [7, 11) is 2.12. The molecule has 1 fully saturated rings. The number of hydrogen-bond acceptors (Lipinski definition) is 7. The Balaban J connectivity index is 1.31. The highest BCUT2D eigenvalue weighted by molar-refractivity contribution is 5.53. The molecule has 7 nitrogen and oxygen atoms in total. The van der Waals surface area contributed by atoms with E-state index in [1.165, 1.54) is 17.7 Å². The van der Waals surface area contributed by atoms with E-state index >= 15 is 0 Å². The number of ether oxygens (including phenoxy) is 1. The van der Waals surface area contributed by atoms with Crippen molar-refractivity contribution in [2.45, 2.75) is 38.3 Å². The van der Waals surface area contributed by atoms with Gasteiger partial charge in [-0.2, -0.15) is 5.10 Å². The van der Waals surface area contributed by atoms with Gasteiger partial charge in [0.1, 0.15) is 12.1 Å². The Labute approximate surface area is 147 Å². The molecule has 1 saturated heterocycles. The molecule has 3 aliphatic rings. The van der Waals surface area contributed by atoms with Crippen LogP contribution in [-0.2, 0) is 30.6 Å². The van der Waals surface area contributed by atoms with E-state index in [0.717, 1.165) is 61.9 Å². The van der Waals surface area contributed by atoms with Crippen molar-refractivity contribution >= 4 is 11.6 Å². The van der Waals surface area contributed by atoms with E-state index in [-0.39, 0.29) is 0 Å². The van der Waals surface area contributed by atoms with Gasteiger partial charge in [-0.25, -0.2) is 9.97 Å². The van der Waals surface area contributed by atoms with Crippen LogP contribution in [0.25, 0.3) is 0 Å². The first-order valence-corrected chi connectivity index (χ1v) is 9.03. The lowest BCUT2D eigenvalue weighted by atomic mass is 10.0. The minimum absolute atomic E-state index is 0.427. The summed E-state index contributed by atoms with van der Waals surface area (Å²) in [5, 5.41) is 8.83. The predicted molar refractivity (Wildman–Crippen MR) is 93.9 cm³/mol. The van der Waals surface area contributed by atoms with Gasteiger partial charge in [0.15, 0.2) is 5.82 Å². The molecule has 7 heteroatoms. The van der Waals surface area contributed by atoms with Crippen molar-refractivity contribution in [3.8, 4) is 0 Å². The van der Waals surface area contributed by atoms with Crippen molar-refractivity contribution in [1.82, 2.24) is 20.2 Å². The Morgan fingerprint density at radius 3 is 2.96 bits per heavy atom. The van der Waals surface area contributed by atoms with Gasteiger partial charge < -0.3 is 14.5 Å². The van der Waals surface area contributed by atoms with Crippen LogP contribution < -0.4 is 9.80 Å². The van der Waals surface area contributed by atoms with Gasteiger partial charge in [-0.3, -0.25) is 0 Å². The molecule has 0 amide bonds. The molecule has 0 N–H and O–H groups in total. The summed E-state index contributed by atoms with van der Waals surface area (Å²) in [6.07, 6.45) is 5.98. The van der Waals surface area contributed by atoms with Crippen molar-refractivity contribution in [3.63, 3.8) is 0 Å². The van der Waals surface area contributed by atoms with Crippen molar-refractivity contribution in [2.24, 2.45) is 0 Å². The first-order chi connectivity index (χ1) is 12.3. The summed E-state index contributed by atoms with van der Waals surface area (Å²) < 4.78 is 5.62. The fourth-order valence-electron chi connectivity index (χ4n) is 3.98. The van der Waals surface area contributed by atoms with Crippen molar-refractivity contribution in [1.29, 1.82) is 0 Å². The zero-order valence-corrected chi connectivity index (χ0v) is 14.5. The monoisotopic (exact) mass is 338 g/mol. The van der Waals surface area contributed by atoms with Gasteiger partial charge in [0, 0.05) is 32.1 Å². The van der Waals surface area contributed by atoms with Crippen molar-refractivity contribution < 1.29 is 4.74 Å². The van der Waals surface area contributed by atoms with E-state index in [2.05, 4.69) is 43.1 Å². The number of aryl methyl sites for hydroxylation is 2. The Morgan fingerprint density at radius 1 is 1.12 bits per heavy atom. The fraction of sp³-hybridized carbons (Fsp3) is 0.556. The van der Waals surface area contributed by atoms with Crippen LogP contribution in [0.5, 0.6) is 0 Å². The van der Waals surface area contributed by atoms with Crippen LogP contribution in [0.2, 0.25) is 0 Å². The average molecular weight is 338 g/mol. The molecule has 0 aromatic carbocycles. The molecule has 2 aromatic rings. The molecule has 0 saturated carbocycles. The number of rotatable bonds is 3. The molecule has 25 heavy (non-hydrogen) atoms. The summed E-state index contributed by atoms with van der Waals surface area (Å²) in [6.45, 7) is 3.26. The zero-order chi connectivity index (χ0) is 16.8. The predicted octanol–water partition coefficient (Wildman–Crippen LogP) is 1.15. The Hall–Kier alpha value is -2.28. The summed E-state index contributed by atoms with van der Waals surface area (Å²) >= 11 is 0. The van der Waals surface area contributed by atoms with Crippen LogP contribution in [0.15, 0.2) is 12.4 Å². The molecule has 0 atom stereocenters. The quantitative estimate of drug-likeness (QED) is 0.832. The Morgan fingerprint density at radius 2 is 2.04 bits per heavy atom. The van der Waals surface area contributed by atoms with Gasteiger partial charge in [-0.05, 0) is 30.9 Å². The largest absolute Gasteiger partial charge is 0.376 e. The second kappa shape index (κ2) is 5.91. The highest BCUT2D eigenvalue weighted by Crippen LogP contribution is 2.30. The summed E-state index contributed by atoms with van der Waals surface area (Å²) in [4.78, 5) is 13.5. The molecular weight excluding hydrogens is 316 g/mol. The van der Waals surface area contributed by atoms with E-state index in [4.69, 9.17) is 4.74 Å². The lowest BCUT2D eigenvalue weighted by molar-refractivity contribution is 0.109. The zero-order valence-electron chi connectivity index (χ0n) is 14.5. The normalized spacial score (nSPS) is 19.3. The average Bonchev–Trinajstić information content (AvgIpc) is 3.07. The van der Waals surface area contributed by atoms with Crippen LogP contribution in [0.4, 0.5) is 11.6 Å². The third-order valence-corrected chi connectivity index (χ3v) is 5.62. The van der Waals surface area contributed by atoms with Gasteiger partial charge in [-0.15, -0.1) is 5.10 Å². The maximum Gasteiger partial charge on any atom is 0.151 e. The highest BCUT2D eigenvalue weighted by Gasteiger charge is 2.34. The topological polar surface area (TPSA) is 67.3 Å². The van der Waals surface area contributed by atoms with Gasteiger partial charge >= 0.3 is 0 Å². The number of hydrogen-bond donors (Lipinski definition) is 0. The van der Waals surface area contributed by atoms with Crippen LogP contribution >= 0.6 is 0 Å². The highest BCUT2D eigenvalue weighted by atomic mass is 16.5. The third kappa shape index (κ3) is 2.54. The van der Waals surface area contributed by atoms with Crippen molar-refractivity contribution in [3.05, 3.63) is 34.9 Å². The van der Waals surface area contributed by atoms with E-state index < -0.39 is 0 Å². The maximum atomic E-state index is 5.62. The van der Waals surface area contributed by atoms with Crippen molar-refractivity contribution in [2.75, 3.05) is 36.5 Å². The van der Waals surface area contributed by atoms with Gasteiger partial charge in [0.2, 0.25) is 0 Å². The number of nitrogens with zero attached hydrogens (tertiary/aromatic N) is 6. The third-order valence-electron chi connectivity index (χ3n) is 5.62. The summed E-state index contributed by atoms with van der Waals surface area (Å²) in [5.41, 5.74) is 4.84. The molecule has 0 bridgehead atoms. The lowest BCUT2D eigenvalue weighted by Gasteiger charge is -2.45. The molecule has 1 aliphatic carbocycles. The molecule has 0 unspecified atom stereocenters. The number of fused-ring (bicyclic) bond motifs is 2. The number of aromatic nitrogens is 4. The van der Waals surface area contributed by atoms with Crippen LogP contribution in [0, 0.1) is 0 Å². The van der Waals surface area contributed by atoms with E-state index in [9.17, 15) is 0 Å². The molecular formula is C18H22N6O. The Kier molecular flexibility index (Phi) is 3.55. The summed E-state index contributed by atoms with van der Waals surface area (Å²) in [6, 6.07) is 2.65. The second-order valence-electron chi connectivity index (χ2n) is 7.12. The first kappa shape index (κ1) is 15.0. The molecule has 0 radical (unpaired) electrons. The van der Waals surface area contributed by atoms with E-state index in [1.54, 1.807) is 6.33 Å².